The minimum absolute atomic E-state index is 0.819. The number of hydrogen-bond donors (Lipinski definition) is 0. The third-order valence-electron chi connectivity index (χ3n) is 17.6. The molecule has 0 aliphatic heterocycles. The number of nitrogens with zero attached hydrogens (tertiary/aromatic N) is 6. The number of para-hydroxylation sites is 8. The number of pyridine rings is 2. The van der Waals surface area contributed by atoms with Crippen molar-refractivity contribution in [3.8, 4) is 56.1 Å². The van der Waals surface area contributed by atoms with Crippen LogP contribution in [0.1, 0.15) is 0 Å². The molecule has 4 heterocycles. The van der Waals surface area contributed by atoms with Crippen molar-refractivity contribution in [2.24, 2.45) is 0 Å². The van der Waals surface area contributed by atoms with Gasteiger partial charge in [-0.15, -0.1) is 0 Å². The molecule has 0 fully saturated rings. The first-order valence-corrected chi connectivity index (χ1v) is 30.6. The zero-order chi connectivity index (χ0) is 59.5. The molecule has 0 saturated heterocycles. The quantitative estimate of drug-likeness (QED) is 0.114. The Balaban J connectivity index is 0.899. The summed E-state index contributed by atoms with van der Waals surface area (Å²) in [4.78, 5) is 16.3. The van der Waals surface area contributed by atoms with E-state index in [-0.39, 0.29) is 0 Å². The molecule has 0 bridgehead atoms. The lowest BCUT2D eigenvalue weighted by atomic mass is 9.93. The van der Waals surface area contributed by atoms with E-state index in [4.69, 9.17) is 9.97 Å². The maximum absolute atomic E-state index is 5.84. The fourth-order valence-corrected chi connectivity index (χ4v) is 13.5. The van der Waals surface area contributed by atoms with Gasteiger partial charge in [-0.1, -0.05) is 206 Å². The Kier molecular flexibility index (Phi) is 12.8. The van der Waals surface area contributed by atoms with Gasteiger partial charge in [-0.3, -0.25) is 0 Å². The summed E-state index contributed by atoms with van der Waals surface area (Å²) in [6.45, 7) is 0. The van der Waals surface area contributed by atoms with Crippen LogP contribution in [0.3, 0.4) is 0 Å². The van der Waals surface area contributed by atoms with Gasteiger partial charge in [0.1, 0.15) is 0 Å². The van der Waals surface area contributed by atoms with Crippen molar-refractivity contribution in [1.29, 1.82) is 0 Å². The molecule has 0 atom stereocenters. The molecule has 17 rings (SSSR count). The first-order valence-electron chi connectivity index (χ1n) is 30.6. The first kappa shape index (κ1) is 52.2. The van der Waals surface area contributed by atoms with E-state index < -0.39 is 0 Å². The zero-order valence-corrected chi connectivity index (χ0v) is 49.0. The van der Waals surface area contributed by atoms with Gasteiger partial charge in [-0.05, 0) is 156 Å². The minimum Gasteiger partial charge on any atom is -0.311 e. The molecule has 0 spiro atoms. The Morgan fingerprint density at radius 3 is 0.822 bits per heavy atom. The van der Waals surface area contributed by atoms with E-state index in [0.29, 0.717) is 0 Å². The molecule has 0 aliphatic carbocycles. The number of anilines is 6. The molecule has 0 saturated carbocycles. The van der Waals surface area contributed by atoms with E-state index >= 15 is 0 Å². The van der Waals surface area contributed by atoms with Gasteiger partial charge in [0.15, 0.2) is 0 Å². The van der Waals surface area contributed by atoms with Crippen molar-refractivity contribution in [3.63, 3.8) is 0 Å². The minimum atomic E-state index is 0.819. The predicted molar refractivity (Wildman–Crippen MR) is 377 cm³/mol. The van der Waals surface area contributed by atoms with Crippen molar-refractivity contribution in [1.82, 2.24) is 19.1 Å². The van der Waals surface area contributed by atoms with Crippen LogP contribution < -0.4 is 9.80 Å². The third kappa shape index (κ3) is 9.05. The van der Waals surface area contributed by atoms with Crippen LogP contribution in [0.25, 0.3) is 122 Å². The lowest BCUT2D eigenvalue weighted by molar-refractivity contribution is 1.18. The summed E-state index contributed by atoms with van der Waals surface area (Å²) >= 11 is 0. The van der Waals surface area contributed by atoms with Crippen molar-refractivity contribution >= 4 is 99.5 Å². The molecule has 17 aromatic rings. The van der Waals surface area contributed by atoms with Gasteiger partial charge < -0.3 is 18.9 Å². The van der Waals surface area contributed by atoms with E-state index in [1.165, 1.54) is 21.5 Å². The van der Waals surface area contributed by atoms with Crippen molar-refractivity contribution in [3.05, 3.63) is 340 Å². The molecule has 0 unspecified atom stereocenters. The van der Waals surface area contributed by atoms with E-state index in [9.17, 15) is 0 Å². The highest BCUT2D eigenvalue weighted by Gasteiger charge is 2.22. The van der Waals surface area contributed by atoms with Crippen LogP contribution in [-0.4, -0.2) is 19.1 Å². The second kappa shape index (κ2) is 22.0. The lowest BCUT2D eigenvalue weighted by Crippen LogP contribution is -2.09. The lowest BCUT2D eigenvalue weighted by Gasteiger charge is -2.25. The third-order valence-corrected chi connectivity index (χ3v) is 17.6. The standard InChI is InChI=1S/C84H56N6/c1-5-25-61(26-6-1)87(62-27-7-2-8-28-62)65-47-43-57(44-48-65)75-55-77(59-23-21-33-67(53-59)89-79-39-17-13-35-69(79)70-36-14-18-40-80(70)89)85-83-73(75)51-52-74-76(58-45-49-66(50-46-58)88(63-29-9-3-10-30-63)64-31-11-4-12-32-64)56-78(86-84(74)83)60-24-22-34-68(54-60)90-81-41-19-15-37-71(81)72-38-16-20-42-82(72)90/h1-56H. The SMILES string of the molecule is c1ccc(N(c2ccccc2)c2ccc(-c3cc(-c4cccc(-n5c6ccccc6c6ccccc65)c4)nc4c3ccc3c(-c5ccc(N(c6ccccc6)c6ccccc6)cc5)cc(-c5cccc(-n6c7ccccc7c7ccccc76)c5)nc34)cc2)cc1. The highest BCUT2D eigenvalue weighted by atomic mass is 15.1. The van der Waals surface area contributed by atoms with Gasteiger partial charge in [0.2, 0.25) is 0 Å². The Labute approximate surface area is 521 Å². The number of aromatic nitrogens is 4. The summed E-state index contributed by atoms with van der Waals surface area (Å²) in [6, 6.07) is 122. The van der Waals surface area contributed by atoms with Crippen LogP contribution in [0, 0.1) is 0 Å². The molecule has 0 radical (unpaired) electrons. The van der Waals surface area contributed by atoms with Crippen molar-refractivity contribution in [2.45, 2.75) is 0 Å². The van der Waals surface area contributed by atoms with E-state index in [1.54, 1.807) is 0 Å². The van der Waals surface area contributed by atoms with Gasteiger partial charge in [-0.25, -0.2) is 9.97 Å². The molecule has 6 heteroatoms. The number of rotatable bonds is 12. The largest absolute Gasteiger partial charge is 0.311 e. The molecule has 0 N–H and O–H groups in total. The molecule has 0 aliphatic rings. The Bertz CT molecular complexity index is 4990. The summed E-state index contributed by atoms with van der Waals surface area (Å²) in [5, 5.41) is 6.88. The molecule has 422 valence electrons. The van der Waals surface area contributed by atoms with Gasteiger partial charge >= 0.3 is 0 Å². The smallest absolute Gasteiger partial charge is 0.0978 e. The second-order valence-electron chi connectivity index (χ2n) is 22.9. The fourth-order valence-electron chi connectivity index (χ4n) is 13.5. The topological polar surface area (TPSA) is 42.1 Å². The van der Waals surface area contributed by atoms with Gasteiger partial charge in [-0.2, -0.15) is 0 Å². The Morgan fingerprint density at radius 1 is 0.211 bits per heavy atom. The van der Waals surface area contributed by atoms with Gasteiger partial charge in [0, 0.05) is 88.9 Å². The number of benzene rings is 13. The first-order chi connectivity index (χ1) is 44.6. The summed E-state index contributed by atoms with van der Waals surface area (Å²) < 4.78 is 4.76. The van der Waals surface area contributed by atoms with Crippen LogP contribution in [0.15, 0.2) is 340 Å². The summed E-state index contributed by atoms with van der Waals surface area (Å²) in [7, 11) is 0. The normalized spacial score (nSPS) is 11.6. The van der Waals surface area contributed by atoms with Crippen LogP contribution >= 0.6 is 0 Å². The predicted octanol–water partition coefficient (Wildman–Crippen LogP) is 22.6. The molecule has 4 aromatic heterocycles. The van der Waals surface area contributed by atoms with Crippen LogP contribution in [0.2, 0.25) is 0 Å². The molecule has 6 nitrogen and oxygen atoms in total. The molecule has 0 amide bonds. The molecular formula is C84H56N6. The van der Waals surface area contributed by atoms with E-state index in [0.717, 1.165) is 134 Å². The summed E-state index contributed by atoms with van der Waals surface area (Å²) in [6.07, 6.45) is 0. The van der Waals surface area contributed by atoms with Crippen LogP contribution in [0.4, 0.5) is 34.1 Å². The monoisotopic (exact) mass is 1150 g/mol. The maximum atomic E-state index is 5.84. The fraction of sp³-hybridized carbons (Fsp3) is 0. The van der Waals surface area contributed by atoms with E-state index in [2.05, 4.69) is 359 Å². The Hall–Kier alpha value is -12.1. The van der Waals surface area contributed by atoms with Crippen LogP contribution in [0.5, 0.6) is 0 Å². The maximum Gasteiger partial charge on any atom is 0.0978 e. The molecule has 90 heavy (non-hydrogen) atoms. The summed E-state index contributed by atoms with van der Waals surface area (Å²) in [5.41, 5.74) is 22.8. The summed E-state index contributed by atoms with van der Waals surface area (Å²) in [5.74, 6) is 0. The van der Waals surface area contributed by atoms with Crippen molar-refractivity contribution in [2.75, 3.05) is 9.80 Å². The van der Waals surface area contributed by atoms with Gasteiger partial charge in [0.25, 0.3) is 0 Å². The zero-order valence-electron chi connectivity index (χ0n) is 49.0. The Morgan fingerprint density at radius 2 is 0.500 bits per heavy atom. The highest BCUT2D eigenvalue weighted by molar-refractivity contribution is 6.14. The van der Waals surface area contributed by atoms with Crippen LogP contribution in [-0.2, 0) is 0 Å². The second-order valence-corrected chi connectivity index (χ2v) is 22.9. The van der Waals surface area contributed by atoms with Gasteiger partial charge in [0.05, 0.1) is 44.5 Å². The number of hydrogen-bond acceptors (Lipinski definition) is 4. The van der Waals surface area contributed by atoms with Crippen molar-refractivity contribution < 1.29 is 0 Å². The van der Waals surface area contributed by atoms with E-state index in [1.807, 2.05) is 0 Å². The molecular weight excluding hydrogens is 1090 g/mol. The highest BCUT2D eigenvalue weighted by Crippen LogP contribution is 2.44. The average molecular weight is 1150 g/mol. The average Bonchev–Trinajstić information content (AvgIpc) is 1.18. The number of fused-ring (bicyclic) bond motifs is 9. The molecule has 13 aromatic carbocycles.